The first kappa shape index (κ1) is 12.9. The van der Waals surface area contributed by atoms with Gasteiger partial charge in [-0.05, 0) is 28.3 Å². The molecule has 1 rings (SSSR count). The Labute approximate surface area is 103 Å². The Morgan fingerprint density at radius 3 is 2.60 bits per heavy atom. The fourth-order valence-electron chi connectivity index (χ4n) is 1.23. The molecule has 84 valence electrons. The Morgan fingerprint density at radius 1 is 1.40 bits per heavy atom. The maximum absolute atomic E-state index is 5.98. The van der Waals surface area contributed by atoms with Crippen molar-refractivity contribution in [1.29, 1.82) is 0 Å². The second kappa shape index (κ2) is 5.77. The molecule has 5 heteroatoms. The quantitative estimate of drug-likeness (QED) is 0.799. The third-order valence-corrected chi connectivity index (χ3v) is 3.14. The Bertz CT molecular complexity index is 344. The molecule has 0 saturated carbocycles. The first-order chi connectivity index (χ1) is 7.04. The van der Waals surface area contributed by atoms with Crippen LogP contribution < -0.4 is 0 Å². The Balaban J connectivity index is 3.01. The summed E-state index contributed by atoms with van der Waals surface area (Å²) in [5.41, 5.74) is 0.942. The van der Waals surface area contributed by atoms with E-state index in [9.17, 15) is 0 Å². The smallest absolute Gasteiger partial charge is 0.156 e. The number of methoxy groups -OCH3 is 1. The predicted octanol–water partition coefficient (Wildman–Crippen LogP) is 3.24. The van der Waals surface area contributed by atoms with E-state index in [2.05, 4.69) is 39.7 Å². The van der Waals surface area contributed by atoms with Crippen LogP contribution in [0.1, 0.15) is 25.4 Å². The van der Waals surface area contributed by atoms with Gasteiger partial charge in [0.15, 0.2) is 5.82 Å². The lowest BCUT2D eigenvalue weighted by molar-refractivity contribution is 0.177. The second-order valence-corrected chi connectivity index (χ2v) is 4.87. The van der Waals surface area contributed by atoms with E-state index in [-0.39, 0.29) is 0 Å². The minimum Gasteiger partial charge on any atom is -0.377 e. The fourth-order valence-corrected chi connectivity index (χ4v) is 1.77. The highest BCUT2D eigenvalue weighted by Crippen LogP contribution is 2.25. The van der Waals surface area contributed by atoms with Crippen molar-refractivity contribution < 1.29 is 4.74 Å². The fraction of sp³-hybridized carbons (Fsp3) is 0.600. The molecule has 0 radical (unpaired) electrons. The van der Waals surface area contributed by atoms with Crippen molar-refractivity contribution in [3.05, 3.63) is 21.1 Å². The lowest BCUT2D eigenvalue weighted by Gasteiger charge is -2.09. The average molecular weight is 294 g/mol. The van der Waals surface area contributed by atoms with Crippen molar-refractivity contribution in [2.45, 2.75) is 26.9 Å². The van der Waals surface area contributed by atoms with E-state index in [4.69, 9.17) is 16.3 Å². The van der Waals surface area contributed by atoms with Gasteiger partial charge >= 0.3 is 0 Å². The molecule has 0 unspecified atom stereocenters. The summed E-state index contributed by atoms with van der Waals surface area (Å²) in [5, 5.41) is 0.452. The number of halogens is 2. The van der Waals surface area contributed by atoms with E-state index in [1.165, 1.54) is 0 Å². The summed E-state index contributed by atoms with van der Waals surface area (Å²) in [7, 11) is 1.61. The molecule has 0 aliphatic rings. The van der Waals surface area contributed by atoms with Crippen molar-refractivity contribution in [1.82, 2.24) is 9.97 Å². The van der Waals surface area contributed by atoms with Gasteiger partial charge < -0.3 is 4.74 Å². The van der Waals surface area contributed by atoms with E-state index in [1.807, 2.05) is 0 Å². The summed E-state index contributed by atoms with van der Waals surface area (Å²) in [6, 6.07) is 0. The van der Waals surface area contributed by atoms with Crippen LogP contribution >= 0.6 is 27.5 Å². The molecular formula is C10H14BrClN2O. The van der Waals surface area contributed by atoms with Gasteiger partial charge in [-0.2, -0.15) is 0 Å². The van der Waals surface area contributed by atoms with Gasteiger partial charge in [-0.3, -0.25) is 0 Å². The van der Waals surface area contributed by atoms with Crippen LogP contribution in [-0.4, -0.2) is 17.1 Å². The summed E-state index contributed by atoms with van der Waals surface area (Å²) in [6.07, 6.45) is 0.875. The lowest BCUT2D eigenvalue weighted by Crippen LogP contribution is -2.05. The maximum Gasteiger partial charge on any atom is 0.156 e. The van der Waals surface area contributed by atoms with Crippen LogP contribution in [0.3, 0.4) is 0 Å². The van der Waals surface area contributed by atoms with Crippen LogP contribution in [0.2, 0.25) is 5.15 Å². The van der Waals surface area contributed by atoms with Crippen LogP contribution in [0.15, 0.2) is 4.47 Å². The zero-order valence-corrected chi connectivity index (χ0v) is 11.4. The molecular weight excluding hydrogens is 279 g/mol. The van der Waals surface area contributed by atoms with Crippen LogP contribution in [-0.2, 0) is 17.8 Å². The second-order valence-electron chi connectivity index (χ2n) is 3.72. The van der Waals surface area contributed by atoms with Crippen LogP contribution in [0.4, 0.5) is 0 Å². The molecule has 0 amide bonds. The lowest BCUT2D eigenvalue weighted by atomic mass is 10.1. The molecule has 0 aromatic carbocycles. The van der Waals surface area contributed by atoms with Crippen LogP contribution in [0.25, 0.3) is 0 Å². The average Bonchev–Trinajstić information content (AvgIpc) is 2.13. The van der Waals surface area contributed by atoms with E-state index >= 15 is 0 Å². The van der Waals surface area contributed by atoms with Crippen LogP contribution in [0, 0.1) is 5.92 Å². The molecule has 0 aliphatic carbocycles. The highest BCUT2D eigenvalue weighted by atomic mass is 79.9. The van der Waals surface area contributed by atoms with E-state index in [0.29, 0.717) is 23.5 Å². The van der Waals surface area contributed by atoms with Crippen molar-refractivity contribution in [2.24, 2.45) is 5.92 Å². The molecule has 0 bridgehead atoms. The monoisotopic (exact) mass is 292 g/mol. The molecule has 1 aromatic heterocycles. The van der Waals surface area contributed by atoms with Gasteiger partial charge in [0.25, 0.3) is 0 Å². The number of ether oxygens (including phenoxy) is 1. The number of rotatable bonds is 4. The van der Waals surface area contributed by atoms with Crippen molar-refractivity contribution >= 4 is 27.5 Å². The molecule has 0 fully saturated rings. The molecule has 0 saturated heterocycles. The van der Waals surface area contributed by atoms with Crippen LogP contribution in [0.5, 0.6) is 0 Å². The number of nitrogens with zero attached hydrogens (tertiary/aromatic N) is 2. The molecule has 1 aromatic rings. The van der Waals surface area contributed by atoms with Gasteiger partial charge in [0.1, 0.15) is 11.8 Å². The predicted molar refractivity (Wildman–Crippen MR) is 64.0 cm³/mol. The van der Waals surface area contributed by atoms with E-state index < -0.39 is 0 Å². The van der Waals surface area contributed by atoms with E-state index in [0.717, 1.165) is 16.6 Å². The first-order valence-corrected chi connectivity index (χ1v) is 5.91. The normalized spacial score (nSPS) is 11.1. The number of aromatic nitrogens is 2. The highest BCUT2D eigenvalue weighted by molar-refractivity contribution is 9.10. The maximum atomic E-state index is 5.98. The third-order valence-electron chi connectivity index (χ3n) is 1.80. The van der Waals surface area contributed by atoms with Crippen molar-refractivity contribution in [3.8, 4) is 0 Å². The topological polar surface area (TPSA) is 35.0 Å². The summed E-state index contributed by atoms with van der Waals surface area (Å²) in [5.74, 6) is 1.16. The van der Waals surface area contributed by atoms with Gasteiger partial charge in [0.2, 0.25) is 0 Å². The molecule has 0 N–H and O–H groups in total. The third kappa shape index (κ3) is 3.70. The zero-order valence-electron chi connectivity index (χ0n) is 9.05. The first-order valence-electron chi connectivity index (χ1n) is 4.74. The minimum absolute atomic E-state index is 0.387. The Hall–Kier alpha value is -0.190. The number of hydrogen-bond acceptors (Lipinski definition) is 3. The Morgan fingerprint density at radius 2 is 2.07 bits per heavy atom. The van der Waals surface area contributed by atoms with Gasteiger partial charge in [0.05, 0.1) is 10.2 Å². The standard InChI is InChI=1S/C10H14BrClN2O/c1-6(2)4-7-9(11)10(12)14-8(13-7)5-15-3/h6H,4-5H2,1-3H3. The van der Waals surface area contributed by atoms with Crippen molar-refractivity contribution in [2.75, 3.05) is 7.11 Å². The van der Waals surface area contributed by atoms with Gasteiger partial charge in [-0.1, -0.05) is 25.4 Å². The number of hydrogen-bond donors (Lipinski definition) is 0. The summed E-state index contributed by atoms with van der Waals surface area (Å²) < 4.78 is 5.77. The van der Waals surface area contributed by atoms with Gasteiger partial charge in [-0.25, -0.2) is 9.97 Å². The van der Waals surface area contributed by atoms with E-state index in [1.54, 1.807) is 7.11 Å². The molecule has 0 spiro atoms. The van der Waals surface area contributed by atoms with Gasteiger partial charge in [0, 0.05) is 7.11 Å². The molecule has 0 aliphatic heterocycles. The molecule has 3 nitrogen and oxygen atoms in total. The molecule has 15 heavy (non-hydrogen) atoms. The summed E-state index contributed by atoms with van der Waals surface area (Å²) in [6.45, 7) is 4.66. The zero-order chi connectivity index (χ0) is 11.4. The summed E-state index contributed by atoms with van der Waals surface area (Å²) >= 11 is 9.38. The largest absolute Gasteiger partial charge is 0.377 e. The summed E-state index contributed by atoms with van der Waals surface area (Å²) in [4.78, 5) is 8.51. The highest BCUT2D eigenvalue weighted by Gasteiger charge is 2.11. The van der Waals surface area contributed by atoms with Gasteiger partial charge in [-0.15, -0.1) is 0 Å². The SMILES string of the molecule is COCc1nc(Cl)c(Br)c(CC(C)C)n1. The molecule has 1 heterocycles. The Kier molecular flexibility index (Phi) is 4.96. The molecule has 0 atom stereocenters. The van der Waals surface area contributed by atoms with Crippen molar-refractivity contribution in [3.63, 3.8) is 0 Å². The minimum atomic E-state index is 0.387.